The van der Waals surface area contributed by atoms with Crippen LogP contribution >= 0.6 is 0 Å². The van der Waals surface area contributed by atoms with Gasteiger partial charge in [0.25, 0.3) is 5.91 Å². The van der Waals surface area contributed by atoms with E-state index in [2.05, 4.69) is 17.9 Å². The van der Waals surface area contributed by atoms with Gasteiger partial charge in [0.2, 0.25) is 5.91 Å². The molecule has 1 saturated carbocycles. The van der Waals surface area contributed by atoms with Gasteiger partial charge in [-0.3, -0.25) is 14.5 Å². The number of nitriles is 1. The maximum Gasteiger partial charge on any atom is 0.253 e. The largest absolute Gasteiger partial charge is 0.339 e. The number of likely N-dealkylation sites (N-methyl/N-ethyl adjacent to an activating group) is 1. The van der Waals surface area contributed by atoms with E-state index in [4.69, 9.17) is 0 Å². The Bertz CT molecular complexity index is 774. The van der Waals surface area contributed by atoms with Crippen LogP contribution in [0.2, 0.25) is 0 Å². The lowest BCUT2D eigenvalue weighted by molar-refractivity contribution is -0.137. The summed E-state index contributed by atoms with van der Waals surface area (Å²) < 4.78 is 0. The van der Waals surface area contributed by atoms with E-state index in [-0.39, 0.29) is 11.8 Å². The lowest BCUT2D eigenvalue weighted by atomic mass is 9.81. The number of nitrogens with zero attached hydrogens (tertiary/aromatic N) is 4. The zero-order valence-corrected chi connectivity index (χ0v) is 19.1. The second kappa shape index (κ2) is 10.8. The number of rotatable bonds is 7. The minimum atomic E-state index is -0.640. The molecule has 1 aromatic rings. The van der Waals surface area contributed by atoms with E-state index in [9.17, 15) is 14.9 Å². The first-order valence-electron chi connectivity index (χ1n) is 11.8. The van der Waals surface area contributed by atoms with Crippen molar-refractivity contribution in [3.8, 4) is 6.07 Å². The zero-order chi connectivity index (χ0) is 22.3. The first-order chi connectivity index (χ1) is 15.0. The van der Waals surface area contributed by atoms with Gasteiger partial charge in [-0.1, -0.05) is 44.4 Å². The summed E-state index contributed by atoms with van der Waals surface area (Å²) in [6.45, 7) is 4.77. The third-order valence-electron chi connectivity index (χ3n) is 7.04. The van der Waals surface area contributed by atoms with Crippen LogP contribution in [0.25, 0.3) is 0 Å². The van der Waals surface area contributed by atoms with Crippen molar-refractivity contribution in [3.05, 3.63) is 35.9 Å². The molecular weight excluding hydrogens is 388 g/mol. The Morgan fingerprint density at radius 2 is 1.77 bits per heavy atom. The van der Waals surface area contributed by atoms with Gasteiger partial charge in [0, 0.05) is 31.7 Å². The van der Waals surface area contributed by atoms with E-state index >= 15 is 0 Å². The van der Waals surface area contributed by atoms with Crippen LogP contribution in [0.3, 0.4) is 0 Å². The number of amides is 2. The Kier molecular flexibility index (Phi) is 8.09. The van der Waals surface area contributed by atoms with Gasteiger partial charge in [0.05, 0.1) is 12.6 Å². The second-order valence-corrected chi connectivity index (χ2v) is 9.02. The number of likely N-dealkylation sites (tertiary alicyclic amines) is 1. The van der Waals surface area contributed by atoms with Gasteiger partial charge in [0.1, 0.15) is 5.54 Å². The van der Waals surface area contributed by atoms with Crippen LogP contribution in [0.5, 0.6) is 0 Å². The van der Waals surface area contributed by atoms with Crippen molar-refractivity contribution in [3.63, 3.8) is 0 Å². The van der Waals surface area contributed by atoms with Gasteiger partial charge in [-0.25, -0.2) is 0 Å². The molecule has 0 spiro atoms. The molecule has 1 aromatic carbocycles. The molecule has 1 aliphatic heterocycles. The Hall–Kier alpha value is -2.39. The third kappa shape index (κ3) is 5.46. The minimum Gasteiger partial charge on any atom is -0.339 e. The predicted octanol–water partition coefficient (Wildman–Crippen LogP) is 3.69. The maximum atomic E-state index is 13.2. The lowest BCUT2D eigenvalue weighted by Crippen LogP contribution is -2.55. The van der Waals surface area contributed by atoms with Gasteiger partial charge in [0.15, 0.2) is 0 Å². The van der Waals surface area contributed by atoms with Gasteiger partial charge in [-0.2, -0.15) is 5.26 Å². The molecule has 0 aromatic heterocycles. The highest BCUT2D eigenvalue weighted by molar-refractivity contribution is 5.94. The van der Waals surface area contributed by atoms with Gasteiger partial charge < -0.3 is 9.80 Å². The maximum absolute atomic E-state index is 13.2. The summed E-state index contributed by atoms with van der Waals surface area (Å²) in [5.41, 5.74) is 0.0936. The highest BCUT2D eigenvalue weighted by Gasteiger charge is 2.39. The number of hydrogen-bond donors (Lipinski definition) is 0. The van der Waals surface area contributed by atoms with Gasteiger partial charge >= 0.3 is 0 Å². The summed E-state index contributed by atoms with van der Waals surface area (Å²) >= 11 is 0. The lowest BCUT2D eigenvalue weighted by Gasteiger charge is -2.42. The Morgan fingerprint density at radius 3 is 2.35 bits per heavy atom. The highest BCUT2D eigenvalue weighted by atomic mass is 16.2. The molecule has 0 atom stereocenters. The average Bonchev–Trinajstić information content (AvgIpc) is 2.83. The smallest absolute Gasteiger partial charge is 0.253 e. The molecule has 2 amide bonds. The predicted molar refractivity (Wildman–Crippen MR) is 121 cm³/mol. The molecule has 0 N–H and O–H groups in total. The SMILES string of the molecule is CCCN(CC(=O)N(C)C1(C#N)CCCCC1)C1CCN(C(=O)c2ccccc2)CC1. The van der Waals surface area contributed by atoms with Crippen LogP contribution in [0.4, 0.5) is 0 Å². The van der Waals surface area contributed by atoms with Crippen molar-refractivity contribution in [2.45, 2.75) is 69.9 Å². The van der Waals surface area contributed by atoms with Crippen LogP contribution in [0.1, 0.15) is 68.6 Å². The molecule has 31 heavy (non-hydrogen) atoms. The van der Waals surface area contributed by atoms with Crippen LogP contribution in [-0.2, 0) is 4.79 Å². The first kappa shape index (κ1) is 23.3. The standard InChI is InChI=1S/C25H36N4O2/c1-3-16-29(19-23(30)27(2)25(20-26)14-8-5-9-15-25)22-12-17-28(18-13-22)24(31)21-10-6-4-7-11-21/h4,6-7,10-11,22H,3,5,8-9,12-19H2,1-2H3. The zero-order valence-electron chi connectivity index (χ0n) is 19.1. The topological polar surface area (TPSA) is 67.7 Å². The third-order valence-corrected chi connectivity index (χ3v) is 7.04. The fourth-order valence-corrected chi connectivity index (χ4v) is 5.05. The molecule has 1 saturated heterocycles. The summed E-state index contributed by atoms with van der Waals surface area (Å²) in [5, 5.41) is 9.83. The van der Waals surface area contributed by atoms with E-state index in [1.807, 2.05) is 42.3 Å². The fourth-order valence-electron chi connectivity index (χ4n) is 5.05. The number of piperidine rings is 1. The number of carbonyl (C=O) groups excluding carboxylic acids is 2. The molecular formula is C25H36N4O2. The molecule has 6 nitrogen and oxygen atoms in total. The molecule has 0 unspecified atom stereocenters. The fraction of sp³-hybridized carbons (Fsp3) is 0.640. The van der Waals surface area contributed by atoms with E-state index in [1.165, 1.54) is 0 Å². The average molecular weight is 425 g/mol. The number of benzene rings is 1. The summed E-state index contributed by atoms with van der Waals surface area (Å²) in [6, 6.07) is 12.2. The van der Waals surface area contributed by atoms with Crippen molar-refractivity contribution in [1.29, 1.82) is 5.26 Å². The monoisotopic (exact) mass is 424 g/mol. The summed E-state index contributed by atoms with van der Waals surface area (Å²) in [6.07, 6.45) is 7.45. The molecule has 3 rings (SSSR count). The Labute approximate surface area is 186 Å². The van der Waals surface area contributed by atoms with E-state index in [0.717, 1.165) is 63.5 Å². The van der Waals surface area contributed by atoms with Gasteiger partial charge in [-0.15, -0.1) is 0 Å². The van der Waals surface area contributed by atoms with Crippen molar-refractivity contribution in [2.75, 3.05) is 33.2 Å². The molecule has 1 heterocycles. The van der Waals surface area contributed by atoms with Crippen molar-refractivity contribution in [2.24, 2.45) is 0 Å². The molecule has 168 valence electrons. The van der Waals surface area contributed by atoms with Crippen molar-refractivity contribution < 1.29 is 9.59 Å². The van der Waals surface area contributed by atoms with Crippen LogP contribution in [0, 0.1) is 11.3 Å². The highest BCUT2D eigenvalue weighted by Crippen LogP contribution is 2.32. The summed E-state index contributed by atoms with van der Waals surface area (Å²) in [5.74, 6) is 0.129. The molecule has 0 bridgehead atoms. The number of carbonyl (C=O) groups is 2. The number of hydrogen-bond acceptors (Lipinski definition) is 4. The summed E-state index contributed by atoms with van der Waals surface area (Å²) in [4.78, 5) is 31.8. The molecule has 2 aliphatic rings. The van der Waals surface area contributed by atoms with Crippen molar-refractivity contribution >= 4 is 11.8 Å². The first-order valence-corrected chi connectivity index (χ1v) is 11.8. The Morgan fingerprint density at radius 1 is 1.13 bits per heavy atom. The van der Waals surface area contributed by atoms with E-state index in [0.29, 0.717) is 25.7 Å². The molecule has 0 radical (unpaired) electrons. The molecule has 6 heteroatoms. The van der Waals surface area contributed by atoms with Crippen LogP contribution in [0.15, 0.2) is 30.3 Å². The van der Waals surface area contributed by atoms with E-state index < -0.39 is 5.54 Å². The second-order valence-electron chi connectivity index (χ2n) is 9.02. The van der Waals surface area contributed by atoms with Crippen LogP contribution in [-0.4, -0.2) is 71.3 Å². The molecule has 2 fully saturated rings. The van der Waals surface area contributed by atoms with E-state index in [1.54, 1.807) is 4.90 Å². The van der Waals surface area contributed by atoms with Crippen LogP contribution < -0.4 is 0 Å². The summed E-state index contributed by atoms with van der Waals surface area (Å²) in [7, 11) is 1.81. The van der Waals surface area contributed by atoms with Crippen molar-refractivity contribution in [1.82, 2.24) is 14.7 Å². The quantitative estimate of drug-likeness (QED) is 0.669. The normalized spacial score (nSPS) is 19.1. The molecule has 1 aliphatic carbocycles. The minimum absolute atomic E-state index is 0.0414. The Balaban J connectivity index is 1.59. The van der Waals surface area contributed by atoms with Gasteiger partial charge in [-0.05, 0) is 50.8 Å².